The summed E-state index contributed by atoms with van der Waals surface area (Å²) in [5, 5.41) is 0. The van der Waals surface area contributed by atoms with Gasteiger partial charge in [0.05, 0.1) is 13.7 Å². The van der Waals surface area contributed by atoms with Crippen molar-refractivity contribution in [2.24, 2.45) is 5.92 Å². The highest BCUT2D eigenvalue weighted by Gasteiger charge is 2.22. The van der Waals surface area contributed by atoms with Gasteiger partial charge >= 0.3 is 0 Å². The average molecular weight is 414 g/mol. The standard InChI is InChI=1S/C25H32FNO3/c1-3-30-22-10-6-19(7-11-22)4-5-20-14-16-27(17-15-20)25(28)13-9-21-8-12-24(29-2)23(26)18-21/h6-8,10-12,18,20H,3-5,9,13-17H2,1-2H3. The van der Waals surface area contributed by atoms with Crippen molar-refractivity contribution in [3.8, 4) is 11.5 Å². The molecular weight excluding hydrogens is 381 g/mol. The van der Waals surface area contributed by atoms with Crippen LogP contribution >= 0.6 is 0 Å². The number of benzene rings is 2. The molecule has 0 saturated carbocycles. The zero-order valence-corrected chi connectivity index (χ0v) is 18.0. The highest BCUT2D eigenvalue weighted by Crippen LogP contribution is 2.24. The quantitative estimate of drug-likeness (QED) is 0.578. The molecule has 1 heterocycles. The van der Waals surface area contributed by atoms with Gasteiger partial charge in [0.25, 0.3) is 0 Å². The van der Waals surface area contributed by atoms with E-state index in [1.807, 2.05) is 30.0 Å². The summed E-state index contributed by atoms with van der Waals surface area (Å²) in [6.07, 6.45) is 5.30. The molecule has 1 aliphatic heterocycles. The molecule has 2 aromatic carbocycles. The summed E-state index contributed by atoms with van der Waals surface area (Å²) < 4.78 is 24.2. The van der Waals surface area contributed by atoms with Crippen LogP contribution in [-0.4, -0.2) is 37.6 Å². The molecule has 5 heteroatoms. The Bertz CT molecular complexity index is 814. The van der Waals surface area contributed by atoms with E-state index in [-0.39, 0.29) is 17.5 Å². The second-order valence-corrected chi connectivity index (χ2v) is 7.91. The first-order valence-corrected chi connectivity index (χ1v) is 10.9. The van der Waals surface area contributed by atoms with Crippen LogP contribution < -0.4 is 9.47 Å². The SMILES string of the molecule is CCOc1ccc(CCC2CCN(C(=O)CCc3ccc(OC)c(F)c3)CC2)cc1. The monoisotopic (exact) mass is 413 g/mol. The van der Waals surface area contributed by atoms with Gasteiger partial charge in [0.15, 0.2) is 11.6 Å². The summed E-state index contributed by atoms with van der Waals surface area (Å²) in [7, 11) is 1.45. The Hall–Kier alpha value is -2.56. The average Bonchev–Trinajstić information content (AvgIpc) is 2.77. The van der Waals surface area contributed by atoms with Crippen molar-refractivity contribution in [2.75, 3.05) is 26.8 Å². The number of amides is 1. The third-order valence-electron chi connectivity index (χ3n) is 5.89. The van der Waals surface area contributed by atoms with Crippen molar-refractivity contribution < 1.29 is 18.7 Å². The van der Waals surface area contributed by atoms with Crippen molar-refractivity contribution in [1.82, 2.24) is 4.90 Å². The van der Waals surface area contributed by atoms with E-state index in [0.717, 1.165) is 50.1 Å². The Morgan fingerprint density at radius 3 is 2.40 bits per heavy atom. The molecule has 0 N–H and O–H groups in total. The Kier molecular flexibility index (Phi) is 8.12. The molecule has 3 rings (SSSR count). The fourth-order valence-electron chi connectivity index (χ4n) is 4.04. The van der Waals surface area contributed by atoms with Crippen LogP contribution in [0.15, 0.2) is 42.5 Å². The molecular formula is C25H32FNO3. The molecule has 162 valence electrons. The van der Waals surface area contributed by atoms with Crippen LogP contribution in [0.2, 0.25) is 0 Å². The number of piperidine rings is 1. The van der Waals surface area contributed by atoms with Gasteiger partial charge in [0.2, 0.25) is 5.91 Å². The number of likely N-dealkylation sites (tertiary alicyclic amines) is 1. The number of carbonyl (C=O) groups excluding carboxylic acids is 1. The van der Waals surface area contributed by atoms with Crippen molar-refractivity contribution in [3.05, 3.63) is 59.4 Å². The Balaban J connectivity index is 1.38. The van der Waals surface area contributed by atoms with Crippen molar-refractivity contribution >= 4 is 5.91 Å². The summed E-state index contributed by atoms with van der Waals surface area (Å²) in [5.41, 5.74) is 2.16. The van der Waals surface area contributed by atoms with E-state index >= 15 is 0 Å². The first-order chi connectivity index (χ1) is 14.6. The maximum absolute atomic E-state index is 13.8. The van der Waals surface area contributed by atoms with E-state index in [4.69, 9.17) is 9.47 Å². The smallest absolute Gasteiger partial charge is 0.222 e. The van der Waals surface area contributed by atoms with Crippen molar-refractivity contribution in [2.45, 2.75) is 45.4 Å². The van der Waals surface area contributed by atoms with Crippen LogP contribution in [0.5, 0.6) is 11.5 Å². The molecule has 4 nitrogen and oxygen atoms in total. The normalized spacial score (nSPS) is 14.6. The first-order valence-electron chi connectivity index (χ1n) is 10.9. The summed E-state index contributed by atoms with van der Waals surface area (Å²) in [6, 6.07) is 13.3. The molecule has 30 heavy (non-hydrogen) atoms. The third kappa shape index (κ3) is 6.22. The van der Waals surface area contributed by atoms with Gasteiger partial charge in [-0.2, -0.15) is 0 Å². The molecule has 0 bridgehead atoms. The van der Waals surface area contributed by atoms with E-state index in [9.17, 15) is 9.18 Å². The van der Waals surface area contributed by atoms with Gasteiger partial charge in [-0.05, 0) is 80.3 Å². The third-order valence-corrected chi connectivity index (χ3v) is 5.89. The topological polar surface area (TPSA) is 38.8 Å². The number of carbonyl (C=O) groups is 1. The molecule has 1 amide bonds. The maximum Gasteiger partial charge on any atom is 0.222 e. The van der Waals surface area contributed by atoms with Gasteiger partial charge in [-0.1, -0.05) is 18.2 Å². The predicted octanol–water partition coefficient (Wildman–Crippen LogP) is 5.04. The van der Waals surface area contributed by atoms with Crippen LogP contribution in [0, 0.1) is 11.7 Å². The van der Waals surface area contributed by atoms with Gasteiger partial charge < -0.3 is 14.4 Å². The minimum Gasteiger partial charge on any atom is -0.494 e. The lowest BCUT2D eigenvalue weighted by Gasteiger charge is -2.32. The van der Waals surface area contributed by atoms with E-state index in [1.54, 1.807) is 6.07 Å². The van der Waals surface area contributed by atoms with E-state index in [1.165, 1.54) is 18.7 Å². The lowest BCUT2D eigenvalue weighted by molar-refractivity contribution is -0.132. The maximum atomic E-state index is 13.8. The minimum atomic E-state index is -0.379. The summed E-state index contributed by atoms with van der Waals surface area (Å²) in [5.74, 6) is 1.60. The Labute approximate surface area is 179 Å². The van der Waals surface area contributed by atoms with Crippen LogP contribution in [0.4, 0.5) is 4.39 Å². The van der Waals surface area contributed by atoms with Crippen molar-refractivity contribution in [1.29, 1.82) is 0 Å². The molecule has 0 spiro atoms. The second-order valence-electron chi connectivity index (χ2n) is 7.91. The molecule has 0 aromatic heterocycles. The van der Waals surface area contributed by atoms with Gasteiger partial charge in [-0.15, -0.1) is 0 Å². The summed E-state index contributed by atoms with van der Waals surface area (Å²) in [4.78, 5) is 14.5. The molecule has 2 aromatic rings. The molecule has 1 aliphatic rings. The number of aryl methyl sites for hydroxylation is 2. The predicted molar refractivity (Wildman–Crippen MR) is 117 cm³/mol. The summed E-state index contributed by atoms with van der Waals surface area (Å²) in [6.45, 7) is 4.32. The van der Waals surface area contributed by atoms with Gasteiger partial charge in [0, 0.05) is 19.5 Å². The lowest BCUT2D eigenvalue weighted by atomic mass is 9.90. The largest absolute Gasteiger partial charge is 0.494 e. The molecule has 0 atom stereocenters. The zero-order chi connectivity index (χ0) is 21.3. The van der Waals surface area contributed by atoms with Gasteiger partial charge in [-0.25, -0.2) is 4.39 Å². The number of ether oxygens (including phenoxy) is 2. The Morgan fingerprint density at radius 1 is 1.07 bits per heavy atom. The fourth-order valence-corrected chi connectivity index (χ4v) is 4.04. The lowest BCUT2D eigenvalue weighted by Crippen LogP contribution is -2.38. The van der Waals surface area contributed by atoms with Crippen LogP contribution in [0.1, 0.15) is 43.7 Å². The number of hydrogen-bond acceptors (Lipinski definition) is 3. The number of nitrogens with zero attached hydrogens (tertiary/aromatic N) is 1. The number of hydrogen-bond donors (Lipinski definition) is 0. The van der Waals surface area contributed by atoms with Gasteiger partial charge in [-0.3, -0.25) is 4.79 Å². The number of halogens is 1. The zero-order valence-electron chi connectivity index (χ0n) is 18.0. The molecule has 1 saturated heterocycles. The first kappa shape index (κ1) is 22.1. The van der Waals surface area contributed by atoms with Crippen LogP contribution in [0.25, 0.3) is 0 Å². The molecule has 1 fully saturated rings. The van der Waals surface area contributed by atoms with E-state index in [2.05, 4.69) is 12.1 Å². The molecule has 0 unspecified atom stereocenters. The minimum absolute atomic E-state index is 0.163. The van der Waals surface area contributed by atoms with Crippen molar-refractivity contribution in [3.63, 3.8) is 0 Å². The Morgan fingerprint density at radius 2 is 1.77 bits per heavy atom. The van der Waals surface area contributed by atoms with Crippen LogP contribution in [0.3, 0.4) is 0 Å². The number of methoxy groups -OCH3 is 1. The fraction of sp³-hybridized carbons (Fsp3) is 0.480. The van der Waals surface area contributed by atoms with E-state index in [0.29, 0.717) is 25.4 Å². The second kappa shape index (κ2) is 11.0. The van der Waals surface area contributed by atoms with Crippen LogP contribution in [-0.2, 0) is 17.6 Å². The highest BCUT2D eigenvalue weighted by molar-refractivity contribution is 5.76. The highest BCUT2D eigenvalue weighted by atomic mass is 19.1. The molecule has 0 radical (unpaired) electrons. The van der Waals surface area contributed by atoms with Gasteiger partial charge in [0.1, 0.15) is 5.75 Å². The number of rotatable bonds is 9. The summed E-state index contributed by atoms with van der Waals surface area (Å²) >= 11 is 0. The van der Waals surface area contributed by atoms with E-state index < -0.39 is 0 Å². The molecule has 0 aliphatic carbocycles.